The molecule has 0 bridgehead atoms. The summed E-state index contributed by atoms with van der Waals surface area (Å²) in [5, 5.41) is 4.22. The number of nitrogens with one attached hydrogen (secondary N) is 1. The van der Waals surface area contributed by atoms with Gasteiger partial charge in [0.25, 0.3) is 5.91 Å². The van der Waals surface area contributed by atoms with E-state index in [9.17, 15) is 4.79 Å². The molecule has 1 aromatic rings. The molecular formula is C12H15BrClNO2. The Morgan fingerprint density at radius 3 is 2.94 bits per heavy atom. The van der Waals surface area contributed by atoms with E-state index in [1.165, 1.54) is 0 Å². The zero-order chi connectivity index (χ0) is 12.5. The molecule has 0 aliphatic carbocycles. The summed E-state index contributed by atoms with van der Waals surface area (Å²) in [7, 11) is 0. The summed E-state index contributed by atoms with van der Waals surface area (Å²) in [5.41, 5.74) is 0.582. The predicted octanol–water partition coefficient (Wildman–Crippen LogP) is 2.87. The largest absolute Gasteiger partial charge is 0.381 e. The lowest BCUT2D eigenvalue weighted by Crippen LogP contribution is -2.25. The number of hydrogen-bond donors (Lipinski definition) is 1. The lowest BCUT2D eigenvalue weighted by Gasteiger charge is -2.05. The first-order chi connectivity index (χ1) is 8.24. The van der Waals surface area contributed by atoms with E-state index in [1.807, 2.05) is 0 Å². The fraction of sp³-hybridized carbons (Fsp3) is 0.417. The van der Waals surface area contributed by atoms with Gasteiger partial charge in [-0.25, -0.2) is 0 Å². The van der Waals surface area contributed by atoms with E-state index in [0.29, 0.717) is 30.3 Å². The predicted molar refractivity (Wildman–Crippen MR) is 73.0 cm³/mol. The Hall–Kier alpha value is -0.580. The third-order valence-corrected chi connectivity index (χ3v) is 2.62. The van der Waals surface area contributed by atoms with Gasteiger partial charge in [0.05, 0.1) is 6.61 Å². The quantitative estimate of drug-likeness (QED) is 0.620. The van der Waals surface area contributed by atoms with Crippen molar-refractivity contribution >= 4 is 33.4 Å². The number of carbonyl (C=O) groups is 1. The molecule has 0 aliphatic heterocycles. The molecule has 1 rings (SSSR count). The van der Waals surface area contributed by atoms with Crippen molar-refractivity contribution in [2.45, 2.75) is 6.42 Å². The van der Waals surface area contributed by atoms with Crippen molar-refractivity contribution in [3.63, 3.8) is 0 Å². The maximum atomic E-state index is 11.7. The van der Waals surface area contributed by atoms with Gasteiger partial charge in [-0.1, -0.05) is 33.6 Å². The summed E-state index contributed by atoms with van der Waals surface area (Å²) >= 11 is 9.07. The van der Waals surface area contributed by atoms with Crippen molar-refractivity contribution in [2.24, 2.45) is 0 Å². The van der Waals surface area contributed by atoms with E-state index in [-0.39, 0.29) is 5.91 Å². The van der Waals surface area contributed by atoms with Gasteiger partial charge >= 0.3 is 0 Å². The number of ether oxygens (including phenoxy) is 1. The summed E-state index contributed by atoms with van der Waals surface area (Å²) in [5.74, 6) is -0.104. The molecule has 0 heterocycles. The molecule has 0 radical (unpaired) electrons. The molecule has 0 atom stereocenters. The van der Waals surface area contributed by atoms with Crippen LogP contribution in [-0.4, -0.2) is 31.0 Å². The van der Waals surface area contributed by atoms with Crippen LogP contribution < -0.4 is 5.32 Å². The Labute approximate surface area is 115 Å². The molecule has 0 unspecified atom stereocenters. The minimum Gasteiger partial charge on any atom is -0.381 e. The lowest BCUT2D eigenvalue weighted by atomic mass is 10.2. The van der Waals surface area contributed by atoms with Crippen LogP contribution in [0.5, 0.6) is 0 Å². The highest BCUT2D eigenvalue weighted by molar-refractivity contribution is 9.09. The number of carbonyl (C=O) groups excluding carboxylic acids is 1. The smallest absolute Gasteiger partial charge is 0.251 e. The number of halogens is 2. The van der Waals surface area contributed by atoms with Crippen LogP contribution in [0.3, 0.4) is 0 Å². The summed E-state index contributed by atoms with van der Waals surface area (Å²) in [6.07, 6.45) is 0.805. The van der Waals surface area contributed by atoms with Crippen LogP contribution in [0.4, 0.5) is 0 Å². The molecule has 1 aromatic carbocycles. The van der Waals surface area contributed by atoms with Gasteiger partial charge < -0.3 is 10.1 Å². The van der Waals surface area contributed by atoms with Crippen molar-refractivity contribution < 1.29 is 9.53 Å². The molecule has 1 N–H and O–H groups in total. The van der Waals surface area contributed by atoms with Crippen molar-refractivity contribution in [3.8, 4) is 0 Å². The molecule has 5 heteroatoms. The highest BCUT2D eigenvalue weighted by Crippen LogP contribution is 2.10. The van der Waals surface area contributed by atoms with Gasteiger partial charge in [0.1, 0.15) is 0 Å². The maximum Gasteiger partial charge on any atom is 0.251 e. The normalized spacial score (nSPS) is 10.2. The average molecular weight is 321 g/mol. The first-order valence-electron chi connectivity index (χ1n) is 5.41. The van der Waals surface area contributed by atoms with Gasteiger partial charge in [0.15, 0.2) is 0 Å². The molecule has 94 valence electrons. The molecule has 0 aliphatic rings. The number of alkyl halides is 1. The van der Waals surface area contributed by atoms with Crippen molar-refractivity contribution in [1.82, 2.24) is 5.32 Å². The second kappa shape index (κ2) is 8.50. The van der Waals surface area contributed by atoms with Crippen molar-refractivity contribution in [3.05, 3.63) is 34.9 Å². The summed E-state index contributed by atoms with van der Waals surface area (Å²) < 4.78 is 5.27. The Balaban J connectivity index is 2.21. The molecular weight excluding hydrogens is 305 g/mol. The highest BCUT2D eigenvalue weighted by Gasteiger charge is 2.04. The molecule has 0 fully saturated rings. The van der Waals surface area contributed by atoms with Crippen LogP contribution in [-0.2, 0) is 4.74 Å². The Morgan fingerprint density at radius 1 is 1.41 bits per heavy atom. The van der Waals surface area contributed by atoms with Gasteiger partial charge in [0, 0.05) is 29.1 Å². The minimum absolute atomic E-state index is 0.104. The minimum atomic E-state index is -0.104. The lowest BCUT2D eigenvalue weighted by molar-refractivity contribution is 0.0944. The third kappa shape index (κ3) is 6.05. The number of rotatable bonds is 7. The molecule has 3 nitrogen and oxygen atoms in total. The second-order valence-corrected chi connectivity index (χ2v) is 4.65. The van der Waals surface area contributed by atoms with E-state index in [1.54, 1.807) is 24.3 Å². The summed E-state index contributed by atoms with van der Waals surface area (Å²) in [4.78, 5) is 11.7. The van der Waals surface area contributed by atoms with Crippen molar-refractivity contribution in [2.75, 3.05) is 25.1 Å². The number of amides is 1. The Bertz CT molecular complexity index is 360. The molecule has 0 saturated heterocycles. The average Bonchev–Trinajstić information content (AvgIpc) is 2.33. The zero-order valence-electron chi connectivity index (χ0n) is 9.42. The van der Waals surface area contributed by atoms with Crippen LogP contribution in [0, 0.1) is 0 Å². The first kappa shape index (κ1) is 14.5. The van der Waals surface area contributed by atoms with E-state index >= 15 is 0 Å². The first-order valence-corrected chi connectivity index (χ1v) is 6.91. The number of hydrogen-bond acceptors (Lipinski definition) is 2. The van der Waals surface area contributed by atoms with Gasteiger partial charge in [-0.05, 0) is 24.6 Å². The van der Waals surface area contributed by atoms with Crippen LogP contribution in [0.1, 0.15) is 16.8 Å². The second-order valence-electron chi connectivity index (χ2n) is 3.42. The van der Waals surface area contributed by atoms with Crippen LogP contribution >= 0.6 is 27.5 Å². The van der Waals surface area contributed by atoms with Crippen molar-refractivity contribution in [1.29, 1.82) is 0 Å². The molecule has 0 spiro atoms. The van der Waals surface area contributed by atoms with E-state index in [0.717, 1.165) is 11.8 Å². The summed E-state index contributed by atoms with van der Waals surface area (Å²) in [6.45, 7) is 1.96. The molecule has 0 saturated carbocycles. The SMILES string of the molecule is O=C(NCCCOCCBr)c1cccc(Cl)c1. The Morgan fingerprint density at radius 2 is 2.24 bits per heavy atom. The van der Waals surface area contributed by atoms with Gasteiger partial charge in [0.2, 0.25) is 0 Å². The fourth-order valence-corrected chi connectivity index (χ4v) is 1.68. The highest BCUT2D eigenvalue weighted by atomic mass is 79.9. The fourth-order valence-electron chi connectivity index (χ4n) is 1.26. The zero-order valence-corrected chi connectivity index (χ0v) is 11.8. The van der Waals surface area contributed by atoms with Gasteiger partial charge in [-0.15, -0.1) is 0 Å². The van der Waals surface area contributed by atoms with Crippen LogP contribution in [0.15, 0.2) is 24.3 Å². The molecule has 17 heavy (non-hydrogen) atoms. The van der Waals surface area contributed by atoms with E-state index < -0.39 is 0 Å². The van der Waals surface area contributed by atoms with Gasteiger partial charge in [-0.2, -0.15) is 0 Å². The number of benzene rings is 1. The monoisotopic (exact) mass is 319 g/mol. The third-order valence-electron chi connectivity index (χ3n) is 2.06. The van der Waals surface area contributed by atoms with Gasteiger partial charge in [-0.3, -0.25) is 4.79 Å². The Kier molecular flexibility index (Phi) is 7.24. The standard InChI is InChI=1S/C12H15BrClNO2/c13-5-8-17-7-2-6-15-12(16)10-3-1-4-11(14)9-10/h1,3-4,9H,2,5-8H2,(H,15,16). The molecule has 1 amide bonds. The van der Waals surface area contributed by atoms with Crippen LogP contribution in [0.2, 0.25) is 5.02 Å². The van der Waals surface area contributed by atoms with E-state index in [4.69, 9.17) is 16.3 Å². The topological polar surface area (TPSA) is 38.3 Å². The summed E-state index contributed by atoms with van der Waals surface area (Å²) in [6, 6.07) is 6.89. The van der Waals surface area contributed by atoms with E-state index in [2.05, 4.69) is 21.2 Å². The van der Waals surface area contributed by atoms with Crippen LogP contribution in [0.25, 0.3) is 0 Å². The maximum absolute atomic E-state index is 11.7. The molecule has 0 aromatic heterocycles.